The number of carbonyl (C=O) groups is 1. The molecule has 4 rings (SSSR count). The summed E-state index contributed by atoms with van der Waals surface area (Å²) < 4.78 is 7.55. The van der Waals surface area contributed by atoms with Gasteiger partial charge in [0.2, 0.25) is 0 Å². The molecule has 1 aromatic heterocycles. The van der Waals surface area contributed by atoms with Crippen LogP contribution in [0.4, 0.5) is 0 Å². The molecule has 2 fully saturated rings. The van der Waals surface area contributed by atoms with Gasteiger partial charge in [0, 0.05) is 18.2 Å². The zero-order valence-electron chi connectivity index (χ0n) is 14.6. The molecule has 26 heavy (non-hydrogen) atoms. The molecule has 1 saturated carbocycles. The number of benzene rings is 1. The Morgan fingerprint density at radius 1 is 1.27 bits per heavy atom. The van der Waals surface area contributed by atoms with Crippen molar-refractivity contribution >= 4 is 29.0 Å². The van der Waals surface area contributed by atoms with Crippen LogP contribution in [-0.4, -0.2) is 34.2 Å². The fourth-order valence-electron chi connectivity index (χ4n) is 3.89. The maximum absolute atomic E-state index is 12.8. The van der Waals surface area contributed by atoms with Crippen LogP contribution >= 0.6 is 12.2 Å². The van der Waals surface area contributed by atoms with Crippen molar-refractivity contribution in [3.63, 3.8) is 0 Å². The van der Waals surface area contributed by atoms with Gasteiger partial charge in [-0.2, -0.15) is 0 Å². The number of ether oxygens (including phenoxy) is 1. The third-order valence-corrected chi connectivity index (χ3v) is 5.67. The van der Waals surface area contributed by atoms with Gasteiger partial charge in [-0.3, -0.25) is 14.2 Å². The summed E-state index contributed by atoms with van der Waals surface area (Å²) in [6, 6.07) is 5.39. The van der Waals surface area contributed by atoms with Gasteiger partial charge in [-0.1, -0.05) is 12.8 Å². The molecule has 138 valence electrons. The third-order valence-electron chi connectivity index (χ3n) is 5.34. The number of aromatic nitrogens is 2. The molecule has 0 bridgehead atoms. The highest BCUT2D eigenvalue weighted by atomic mass is 32.1. The number of nitrogens with one attached hydrogen (secondary N) is 2. The Balaban J connectivity index is 1.63. The van der Waals surface area contributed by atoms with Gasteiger partial charge in [0.1, 0.15) is 0 Å². The second-order valence-corrected chi connectivity index (χ2v) is 7.58. The lowest BCUT2D eigenvalue weighted by Gasteiger charge is -2.14. The SMILES string of the molecule is O=C(NC1CCCC1)c1ccc2c(=O)n(C[C@H]3CCCO3)c(=S)[nH]c2c1. The number of nitrogens with zero attached hydrogens (tertiary/aromatic N) is 1. The Kier molecular flexibility index (Phi) is 4.91. The topological polar surface area (TPSA) is 76.1 Å². The minimum atomic E-state index is -0.137. The first kappa shape index (κ1) is 17.4. The van der Waals surface area contributed by atoms with Gasteiger partial charge in [-0.25, -0.2) is 0 Å². The van der Waals surface area contributed by atoms with Crippen molar-refractivity contribution in [2.75, 3.05) is 6.61 Å². The predicted molar refractivity (Wildman–Crippen MR) is 102 cm³/mol. The summed E-state index contributed by atoms with van der Waals surface area (Å²) in [7, 11) is 0. The summed E-state index contributed by atoms with van der Waals surface area (Å²) in [5.74, 6) is -0.0957. The normalized spacial score (nSPS) is 20.7. The van der Waals surface area contributed by atoms with E-state index in [2.05, 4.69) is 10.3 Å². The molecule has 1 aliphatic heterocycles. The van der Waals surface area contributed by atoms with E-state index in [4.69, 9.17) is 17.0 Å². The molecule has 7 heteroatoms. The Labute approximate surface area is 156 Å². The number of amides is 1. The zero-order valence-corrected chi connectivity index (χ0v) is 15.4. The smallest absolute Gasteiger partial charge is 0.262 e. The van der Waals surface area contributed by atoms with Crippen LogP contribution in [0.25, 0.3) is 10.9 Å². The lowest BCUT2D eigenvalue weighted by molar-refractivity contribution is 0.0937. The summed E-state index contributed by atoms with van der Waals surface area (Å²) in [6.45, 7) is 1.21. The van der Waals surface area contributed by atoms with Crippen LogP contribution < -0.4 is 10.9 Å². The number of fused-ring (bicyclic) bond motifs is 1. The largest absolute Gasteiger partial charge is 0.376 e. The lowest BCUT2D eigenvalue weighted by atomic mass is 10.1. The first-order valence-electron chi connectivity index (χ1n) is 9.31. The number of hydrogen-bond acceptors (Lipinski definition) is 4. The fourth-order valence-corrected chi connectivity index (χ4v) is 4.16. The maximum atomic E-state index is 12.8. The number of H-pyrrole nitrogens is 1. The molecule has 2 aliphatic rings. The molecule has 1 aliphatic carbocycles. The molecule has 2 aromatic rings. The zero-order chi connectivity index (χ0) is 18.1. The maximum Gasteiger partial charge on any atom is 0.262 e. The molecule has 1 amide bonds. The van der Waals surface area contributed by atoms with E-state index in [0.29, 0.717) is 27.8 Å². The second-order valence-electron chi connectivity index (χ2n) is 7.20. The van der Waals surface area contributed by atoms with Crippen LogP contribution in [0.3, 0.4) is 0 Å². The molecule has 0 unspecified atom stereocenters. The van der Waals surface area contributed by atoms with Crippen molar-refractivity contribution in [1.82, 2.24) is 14.9 Å². The predicted octanol–water partition coefficient (Wildman–Crippen LogP) is 2.91. The van der Waals surface area contributed by atoms with Gasteiger partial charge >= 0.3 is 0 Å². The first-order chi connectivity index (χ1) is 12.6. The molecule has 2 N–H and O–H groups in total. The Hall–Kier alpha value is -1.99. The summed E-state index contributed by atoms with van der Waals surface area (Å²) in [5.41, 5.74) is 1.01. The standard InChI is InChI=1S/C19H23N3O3S/c23-17(20-13-4-1-2-5-13)12-7-8-15-16(10-12)21-19(26)22(18(15)24)11-14-6-3-9-25-14/h7-8,10,13-14H,1-6,9,11H2,(H,20,23)(H,21,26)/t14-/m1/s1. The van der Waals surface area contributed by atoms with Crippen LogP contribution in [0.1, 0.15) is 48.9 Å². The molecule has 1 aromatic carbocycles. The molecule has 0 radical (unpaired) electrons. The highest BCUT2D eigenvalue weighted by Gasteiger charge is 2.20. The van der Waals surface area contributed by atoms with Crippen molar-refractivity contribution in [2.45, 2.75) is 57.2 Å². The van der Waals surface area contributed by atoms with Gasteiger partial charge in [0.25, 0.3) is 11.5 Å². The Bertz CT molecular complexity index is 937. The van der Waals surface area contributed by atoms with E-state index >= 15 is 0 Å². The van der Waals surface area contributed by atoms with E-state index in [1.807, 2.05) is 0 Å². The molecular weight excluding hydrogens is 350 g/mol. The number of aromatic amines is 1. The van der Waals surface area contributed by atoms with E-state index < -0.39 is 0 Å². The minimum absolute atomic E-state index is 0.0386. The average Bonchev–Trinajstić information content (AvgIpc) is 3.32. The van der Waals surface area contributed by atoms with Crippen LogP contribution in [-0.2, 0) is 11.3 Å². The summed E-state index contributed by atoms with van der Waals surface area (Å²) in [4.78, 5) is 28.4. The van der Waals surface area contributed by atoms with E-state index in [-0.39, 0.29) is 23.6 Å². The number of carbonyl (C=O) groups excluding carboxylic acids is 1. The Morgan fingerprint density at radius 3 is 2.81 bits per heavy atom. The van der Waals surface area contributed by atoms with Crippen LogP contribution in [0.15, 0.2) is 23.0 Å². The van der Waals surface area contributed by atoms with E-state index in [1.54, 1.807) is 22.8 Å². The summed E-state index contributed by atoms with van der Waals surface area (Å²) >= 11 is 5.38. The van der Waals surface area contributed by atoms with E-state index in [0.717, 1.165) is 32.3 Å². The fraction of sp³-hybridized carbons (Fsp3) is 0.526. The highest BCUT2D eigenvalue weighted by Crippen LogP contribution is 2.19. The summed E-state index contributed by atoms with van der Waals surface area (Å²) in [5, 5.41) is 3.61. The van der Waals surface area contributed by atoms with Crippen molar-refractivity contribution in [2.24, 2.45) is 0 Å². The minimum Gasteiger partial charge on any atom is -0.376 e. The Morgan fingerprint density at radius 2 is 2.08 bits per heavy atom. The van der Waals surface area contributed by atoms with Crippen molar-refractivity contribution in [3.05, 3.63) is 38.9 Å². The van der Waals surface area contributed by atoms with Crippen molar-refractivity contribution in [3.8, 4) is 0 Å². The average molecular weight is 373 g/mol. The van der Waals surface area contributed by atoms with Crippen LogP contribution in [0, 0.1) is 4.77 Å². The highest BCUT2D eigenvalue weighted by molar-refractivity contribution is 7.71. The molecular formula is C19H23N3O3S. The quantitative estimate of drug-likeness (QED) is 0.808. The molecule has 1 atom stereocenters. The second kappa shape index (κ2) is 7.32. The number of hydrogen-bond donors (Lipinski definition) is 2. The van der Waals surface area contributed by atoms with Gasteiger partial charge in [-0.15, -0.1) is 0 Å². The van der Waals surface area contributed by atoms with E-state index in [9.17, 15) is 9.59 Å². The van der Waals surface area contributed by atoms with Gasteiger partial charge in [0.15, 0.2) is 4.77 Å². The van der Waals surface area contributed by atoms with Gasteiger partial charge < -0.3 is 15.0 Å². The van der Waals surface area contributed by atoms with Gasteiger partial charge in [0.05, 0.1) is 23.6 Å². The van der Waals surface area contributed by atoms with Crippen LogP contribution in [0.5, 0.6) is 0 Å². The lowest BCUT2D eigenvalue weighted by Crippen LogP contribution is -2.32. The van der Waals surface area contributed by atoms with Crippen molar-refractivity contribution < 1.29 is 9.53 Å². The first-order valence-corrected chi connectivity index (χ1v) is 9.72. The third kappa shape index (κ3) is 3.46. The molecule has 1 saturated heterocycles. The van der Waals surface area contributed by atoms with Crippen molar-refractivity contribution in [1.29, 1.82) is 0 Å². The monoisotopic (exact) mass is 373 g/mol. The van der Waals surface area contributed by atoms with E-state index in [1.165, 1.54) is 12.8 Å². The molecule has 6 nitrogen and oxygen atoms in total. The molecule has 0 spiro atoms. The van der Waals surface area contributed by atoms with Gasteiger partial charge in [-0.05, 0) is 56.1 Å². The number of rotatable bonds is 4. The van der Waals surface area contributed by atoms with Crippen LogP contribution in [0.2, 0.25) is 0 Å². The summed E-state index contributed by atoms with van der Waals surface area (Å²) in [6.07, 6.45) is 6.41. The molecule has 2 heterocycles.